The molecule has 0 aliphatic carbocycles. The summed E-state index contributed by atoms with van der Waals surface area (Å²) in [5.41, 5.74) is 0.00315. The van der Waals surface area contributed by atoms with Crippen molar-refractivity contribution in [2.24, 2.45) is 0 Å². The van der Waals surface area contributed by atoms with Crippen LogP contribution in [-0.4, -0.2) is 16.2 Å². The normalized spacial score (nSPS) is 11.1. The van der Waals surface area contributed by atoms with Crippen molar-refractivity contribution < 1.29 is 18.0 Å². The Morgan fingerprint density at radius 2 is 1.63 bits per heavy atom. The minimum atomic E-state index is -4.46. The van der Waals surface area contributed by atoms with E-state index in [9.17, 15) is 22.8 Å². The largest absolute Gasteiger partial charge is 0.416 e. The molecule has 6 nitrogen and oxygen atoms in total. The number of aromatic nitrogens is 2. The molecule has 27 heavy (non-hydrogen) atoms. The number of rotatable bonds is 3. The van der Waals surface area contributed by atoms with Gasteiger partial charge in [-0.15, -0.1) is 0 Å². The molecule has 0 radical (unpaired) electrons. The van der Waals surface area contributed by atoms with Gasteiger partial charge in [0.2, 0.25) is 0 Å². The molecule has 0 spiro atoms. The maximum absolute atomic E-state index is 12.6. The third-order valence-corrected chi connectivity index (χ3v) is 3.57. The number of aromatic amines is 1. The molecular formula is C18H13F3N4O2. The number of halogens is 3. The number of alkyl halides is 3. The molecular weight excluding hydrogens is 361 g/mol. The summed E-state index contributed by atoms with van der Waals surface area (Å²) in [6, 6.07) is 13.3. The Morgan fingerprint density at radius 1 is 0.963 bits per heavy atom. The van der Waals surface area contributed by atoms with Gasteiger partial charge in [-0.1, -0.05) is 30.3 Å². The van der Waals surface area contributed by atoms with Gasteiger partial charge in [-0.2, -0.15) is 18.3 Å². The zero-order valence-electron chi connectivity index (χ0n) is 13.7. The van der Waals surface area contributed by atoms with Crippen molar-refractivity contribution in [3.8, 4) is 11.3 Å². The van der Waals surface area contributed by atoms with Crippen LogP contribution in [0, 0.1) is 0 Å². The topological polar surface area (TPSA) is 86.9 Å². The van der Waals surface area contributed by atoms with Gasteiger partial charge in [-0.25, -0.2) is 9.89 Å². The van der Waals surface area contributed by atoms with Crippen LogP contribution in [0.5, 0.6) is 0 Å². The van der Waals surface area contributed by atoms with Crippen LogP contribution >= 0.6 is 0 Å². The second kappa shape index (κ2) is 7.32. The molecule has 0 atom stereocenters. The van der Waals surface area contributed by atoms with E-state index < -0.39 is 23.3 Å². The van der Waals surface area contributed by atoms with Gasteiger partial charge in [0.15, 0.2) is 0 Å². The van der Waals surface area contributed by atoms with Gasteiger partial charge in [-0.3, -0.25) is 4.79 Å². The molecule has 0 aliphatic heterocycles. The number of amides is 2. The lowest BCUT2D eigenvalue weighted by Crippen LogP contribution is -2.22. The molecule has 0 bridgehead atoms. The van der Waals surface area contributed by atoms with Gasteiger partial charge in [0.25, 0.3) is 5.56 Å². The molecule has 0 aliphatic rings. The average molecular weight is 374 g/mol. The van der Waals surface area contributed by atoms with Gasteiger partial charge in [0.1, 0.15) is 5.69 Å². The number of H-pyrrole nitrogens is 1. The van der Waals surface area contributed by atoms with Crippen LogP contribution in [0.25, 0.3) is 11.3 Å². The Labute approximate surface area is 151 Å². The van der Waals surface area contributed by atoms with E-state index in [4.69, 9.17) is 0 Å². The minimum absolute atomic E-state index is 0.161. The fourth-order valence-corrected chi connectivity index (χ4v) is 2.34. The van der Waals surface area contributed by atoms with Crippen LogP contribution in [0.1, 0.15) is 5.56 Å². The second-order valence-electron chi connectivity index (χ2n) is 5.51. The Kier molecular flexibility index (Phi) is 4.93. The predicted molar refractivity (Wildman–Crippen MR) is 94.4 cm³/mol. The molecule has 3 aromatic rings. The summed E-state index contributed by atoms with van der Waals surface area (Å²) in [5.74, 6) is 0. The number of benzene rings is 2. The Hall–Kier alpha value is -3.62. The number of nitrogens with zero attached hydrogens (tertiary/aromatic N) is 1. The summed E-state index contributed by atoms with van der Waals surface area (Å²) in [5, 5.41) is 11.1. The van der Waals surface area contributed by atoms with Gasteiger partial charge >= 0.3 is 12.2 Å². The van der Waals surface area contributed by atoms with Crippen molar-refractivity contribution in [1.29, 1.82) is 0 Å². The molecule has 0 fully saturated rings. The number of hydrogen-bond acceptors (Lipinski definition) is 3. The highest BCUT2D eigenvalue weighted by Crippen LogP contribution is 2.30. The fourth-order valence-electron chi connectivity index (χ4n) is 2.34. The SMILES string of the molecule is O=C(Nc1ccc(C(F)(F)F)cc1)Nc1cc(=O)[nH]nc1-c1ccccc1. The summed E-state index contributed by atoms with van der Waals surface area (Å²) in [7, 11) is 0. The molecule has 1 heterocycles. The van der Waals surface area contributed by atoms with Crippen LogP contribution < -0.4 is 16.2 Å². The van der Waals surface area contributed by atoms with Crippen LogP contribution in [0.4, 0.5) is 29.3 Å². The molecule has 3 N–H and O–H groups in total. The van der Waals surface area contributed by atoms with Crippen LogP contribution in [0.15, 0.2) is 65.5 Å². The summed E-state index contributed by atoms with van der Waals surface area (Å²) < 4.78 is 37.7. The van der Waals surface area contributed by atoms with Crippen molar-refractivity contribution in [1.82, 2.24) is 10.2 Å². The van der Waals surface area contributed by atoms with Crippen LogP contribution in [0.3, 0.4) is 0 Å². The molecule has 9 heteroatoms. The average Bonchev–Trinajstić information content (AvgIpc) is 2.62. The molecule has 0 unspecified atom stereocenters. The monoisotopic (exact) mass is 374 g/mol. The van der Waals surface area contributed by atoms with Crippen molar-refractivity contribution in [3.05, 3.63) is 76.6 Å². The lowest BCUT2D eigenvalue weighted by Gasteiger charge is -2.11. The first kappa shape index (κ1) is 18.2. The number of anilines is 2. The Morgan fingerprint density at radius 3 is 2.26 bits per heavy atom. The third-order valence-electron chi connectivity index (χ3n) is 3.57. The van der Waals surface area contributed by atoms with Crippen molar-refractivity contribution >= 4 is 17.4 Å². The molecule has 2 aromatic carbocycles. The Bertz CT molecular complexity index is 1000. The first-order chi connectivity index (χ1) is 12.8. The van der Waals surface area contributed by atoms with Gasteiger partial charge in [0, 0.05) is 17.3 Å². The van der Waals surface area contributed by atoms with Gasteiger partial charge in [0.05, 0.1) is 11.3 Å². The highest BCUT2D eigenvalue weighted by Gasteiger charge is 2.30. The quantitative estimate of drug-likeness (QED) is 0.645. The van der Waals surface area contributed by atoms with Crippen LogP contribution in [-0.2, 0) is 6.18 Å². The van der Waals surface area contributed by atoms with E-state index >= 15 is 0 Å². The van der Waals surface area contributed by atoms with E-state index in [2.05, 4.69) is 20.8 Å². The molecule has 0 saturated carbocycles. The molecule has 2 amide bonds. The smallest absolute Gasteiger partial charge is 0.308 e. The maximum Gasteiger partial charge on any atom is 0.416 e. The number of hydrogen-bond donors (Lipinski definition) is 3. The fraction of sp³-hybridized carbons (Fsp3) is 0.0556. The van der Waals surface area contributed by atoms with Crippen molar-refractivity contribution in [2.75, 3.05) is 10.6 Å². The lowest BCUT2D eigenvalue weighted by atomic mass is 10.1. The van der Waals surface area contributed by atoms with E-state index in [0.717, 1.165) is 24.3 Å². The van der Waals surface area contributed by atoms with Gasteiger partial charge < -0.3 is 10.6 Å². The zero-order valence-corrected chi connectivity index (χ0v) is 13.7. The molecule has 0 saturated heterocycles. The van der Waals surface area contributed by atoms with Crippen molar-refractivity contribution in [3.63, 3.8) is 0 Å². The molecule has 1 aromatic heterocycles. The summed E-state index contributed by atoms with van der Waals surface area (Å²) in [6.45, 7) is 0. The molecule has 138 valence electrons. The number of urea groups is 1. The van der Waals surface area contributed by atoms with E-state index in [-0.39, 0.29) is 11.4 Å². The van der Waals surface area contributed by atoms with Gasteiger partial charge in [-0.05, 0) is 24.3 Å². The minimum Gasteiger partial charge on any atom is -0.308 e. The summed E-state index contributed by atoms with van der Waals surface area (Å²) >= 11 is 0. The highest BCUT2D eigenvalue weighted by atomic mass is 19.4. The third kappa shape index (κ3) is 4.51. The van der Waals surface area contributed by atoms with E-state index in [1.54, 1.807) is 30.3 Å². The van der Waals surface area contributed by atoms with E-state index in [0.29, 0.717) is 11.3 Å². The number of carbonyl (C=O) groups is 1. The number of carbonyl (C=O) groups excluding carboxylic acids is 1. The van der Waals surface area contributed by atoms with Crippen molar-refractivity contribution in [2.45, 2.75) is 6.18 Å². The summed E-state index contributed by atoms with van der Waals surface area (Å²) in [6.07, 6.45) is -4.46. The number of nitrogens with one attached hydrogen (secondary N) is 3. The zero-order chi connectivity index (χ0) is 19.4. The second-order valence-corrected chi connectivity index (χ2v) is 5.51. The standard InChI is InChI=1S/C18H13F3N4O2/c19-18(20,21)12-6-8-13(9-7-12)22-17(27)23-14-10-15(26)24-25-16(14)11-4-2-1-3-5-11/h1-10H,(H3,22,23,24,26,27). The molecule has 3 rings (SSSR count). The summed E-state index contributed by atoms with van der Waals surface area (Å²) in [4.78, 5) is 23.7. The van der Waals surface area contributed by atoms with E-state index in [1.165, 1.54) is 6.07 Å². The first-order valence-corrected chi connectivity index (χ1v) is 7.73. The maximum atomic E-state index is 12.6. The van der Waals surface area contributed by atoms with E-state index in [1.807, 2.05) is 0 Å². The predicted octanol–water partition coefficient (Wildman–Crippen LogP) is 4.10. The highest BCUT2D eigenvalue weighted by molar-refractivity contribution is 6.01. The Balaban J connectivity index is 1.78. The lowest BCUT2D eigenvalue weighted by molar-refractivity contribution is -0.137. The van der Waals surface area contributed by atoms with Crippen LogP contribution in [0.2, 0.25) is 0 Å². The first-order valence-electron chi connectivity index (χ1n) is 7.73.